The van der Waals surface area contributed by atoms with Crippen molar-refractivity contribution in [1.82, 2.24) is 5.43 Å². The number of anilines is 1. The van der Waals surface area contributed by atoms with Gasteiger partial charge in [0.2, 0.25) is 0 Å². The number of carbonyl (C=O) groups is 1. The van der Waals surface area contributed by atoms with Crippen LogP contribution in [0.3, 0.4) is 0 Å². The predicted octanol–water partition coefficient (Wildman–Crippen LogP) is 2.27. The highest BCUT2D eigenvalue weighted by Gasteiger charge is 2.04. The molecule has 4 heteroatoms. The number of carbonyl (C=O) groups excluding carboxylic acids is 1. The van der Waals surface area contributed by atoms with Crippen LogP contribution in [0.5, 0.6) is 0 Å². The molecule has 4 nitrogen and oxygen atoms in total. The van der Waals surface area contributed by atoms with Crippen molar-refractivity contribution in [1.29, 1.82) is 0 Å². The quantitative estimate of drug-likeness (QED) is 0.640. The van der Waals surface area contributed by atoms with Crippen LogP contribution in [-0.4, -0.2) is 25.7 Å². The first-order chi connectivity index (χ1) is 8.04. The van der Waals surface area contributed by atoms with Crippen molar-refractivity contribution in [2.75, 3.05) is 19.0 Å². The molecule has 1 aromatic rings. The maximum Gasteiger partial charge on any atom is 0.271 e. The lowest BCUT2D eigenvalue weighted by atomic mass is 10.2. The molecule has 1 N–H and O–H groups in total. The van der Waals surface area contributed by atoms with Gasteiger partial charge >= 0.3 is 0 Å². The summed E-state index contributed by atoms with van der Waals surface area (Å²) in [7, 11) is 3.92. The van der Waals surface area contributed by atoms with E-state index < -0.39 is 0 Å². The molecule has 0 aromatic heterocycles. The number of hydrazone groups is 1. The van der Waals surface area contributed by atoms with Gasteiger partial charge in [0.05, 0.1) is 0 Å². The van der Waals surface area contributed by atoms with Gasteiger partial charge in [-0.15, -0.1) is 0 Å². The van der Waals surface area contributed by atoms with Gasteiger partial charge in [0.1, 0.15) is 0 Å². The molecule has 0 atom stereocenters. The summed E-state index contributed by atoms with van der Waals surface area (Å²) in [6, 6.07) is 7.40. The molecule has 17 heavy (non-hydrogen) atoms. The Hall–Kier alpha value is -1.84. The van der Waals surface area contributed by atoms with Crippen LogP contribution in [0.15, 0.2) is 29.4 Å². The summed E-state index contributed by atoms with van der Waals surface area (Å²) in [6.45, 7) is 3.88. The third kappa shape index (κ3) is 3.90. The molecule has 0 saturated carbocycles. The lowest BCUT2D eigenvalue weighted by Gasteiger charge is -2.12. The second-order valence-electron chi connectivity index (χ2n) is 4.08. The van der Waals surface area contributed by atoms with Gasteiger partial charge in [0.25, 0.3) is 5.91 Å². The summed E-state index contributed by atoms with van der Waals surface area (Å²) in [5.41, 5.74) is 5.12. The van der Waals surface area contributed by atoms with Crippen molar-refractivity contribution in [3.63, 3.8) is 0 Å². The molecule has 0 aliphatic rings. The van der Waals surface area contributed by atoms with Gasteiger partial charge in [-0.2, -0.15) is 5.10 Å². The largest absolute Gasteiger partial charge is 0.378 e. The minimum absolute atomic E-state index is 0.178. The first-order valence-corrected chi connectivity index (χ1v) is 5.65. The van der Waals surface area contributed by atoms with Crippen LogP contribution in [0.4, 0.5) is 5.69 Å². The average Bonchev–Trinajstić information content (AvgIpc) is 2.35. The number of rotatable bonds is 4. The van der Waals surface area contributed by atoms with Crippen LogP contribution in [0.1, 0.15) is 30.6 Å². The molecular formula is C13H19N3O. The van der Waals surface area contributed by atoms with Crippen molar-refractivity contribution in [2.24, 2.45) is 5.10 Å². The van der Waals surface area contributed by atoms with E-state index in [0.29, 0.717) is 5.56 Å². The Morgan fingerprint density at radius 3 is 2.35 bits per heavy atom. The highest BCUT2D eigenvalue weighted by Crippen LogP contribution is 2.11. The van der Waals surface area contributed by atoms with Crippen molar-refractivity contribution in [2.45, 2.75) is 20.3 Å². The normalized spacial score (nSPS) is 11.2. The van der Waals surface area contributed by atoms with Gasteiger partial charge in [-0.25, -0.2) is 5.43 Å². The summed E-state index contributed by atoms with van der Waals surface area (Å²) >= 11 is 0. The molecule has 0 saturated heterocycles. The van der Waals surface area contributed by atoms with Crippen LogP contribution in [0, 0.1) is 0 Å². The highest BCUT2D eigenvalue weighted by molar-refractivity contribution is 5.95. The van der Waals surface area contributed by atoms with Gasteiger partial charge in [-0.1, -0.05) is 6.92 Å². The summed E-state index contributed by atoms with van der Waals surface area (Å²) in [5.74, 6) is -0.178. The van der Waals surface area contributed by atoms with E-state index in [-0.39, 0.29) is 5.91 Å². The van der Waals surface area contributed by atoms with E-state index in [1.165, 1.54) is 0 Å². The molecule has 0 fully saturated rings. The Morgan fingerprint density at radius 1 is 1.29 bits per heavy atom. The first kappa shape index (κ1) is 13.2. The van der Waals surface area contributed by atoms with E-state index in [1.54, 1.807) is 12.1 Å². The number of amides is 1. The Bertz CT molecular complexity index is 407. The summed E-state index contributed by atoms with van der Waals surface area (Å²) < 4.78 is 0. The number of hydrogen-bond donors (Lipinski definition) is 1. The van der Waals surface area contributed by atoms with E-state index in [9.17, 15) is 4.79 Å². The van der Waals surface area contributed by atoms with Gasteiger partial charge in [0.15, 0.2) is 0 Å². The highest BCUT2D eigenvalue weighted by atomic mass is 16.2. The van der Waals surface area contributed by atoms with Crippen molar-refractivity contribution >= 4 is 17.3 Å². The molecule has 92 valence electrons. The first-order valence-electron chi connectivity index (χ1n) is 5.65. The molecule has 1 aromatic carbocycles. The summed E-state index contributed by atoms with van der Waals surface area (Å²) in [6.07, 6.45) is 0.833. The number of hydrogen-bond acceptors (Lipinski definition) is 3. The molecule has 1 rings (SSSR count). The van der Waals surface area contributed by atoms with Gasteiger partial charge in [-0.3, -0.25) is 4.79 Å². The van der Waals surface area contributed by atoms with E-state index in [1.807, 2.05) is 45.0 Å². The Balaban J connectivity index is 2.70. The molecule has 0 aliphatic heterocycles. The molecule has 0 unspecified atom stereocenters. The van der Waals surface area contributed by atoms with E-state index >= 15 is 0 Å². The van der Waals surface area contributed by atoms with Crippen molar-refractivity contribution in [3.8, 4) is 0 Å². The monoisotopic (exact) mass is 233 g/mol. The Kier molecular flexibility index (Phi) is 4.69. The lowest BCUT2D eigenvalue weighted by Crippen LogP contribution is -2.19. The third-order valence-corrected chi connectivity index (χ3v) is 2.51. The molecule has 0 heterocycles. The zero-order valence-electron chi connectivity index (χ0n) is 10.8. The number of benzene rings is 1. The summed E-state index contributed by atoms with van der Waals surface area (Å²) in [4.78, 5) is 13.7. The van der Waals surface area contributed by atoms with Gasteiger partial charge in [-0.05, 0) is 37.6 Å². The maximum atomic E-state index is 11.7. The molecular weight excluding hydrogens is 214 g/mol. The number of nitrogens with zero attached hydrogens (tertiary/aromatic N) is 2. The van der Waals surface area contributed by atoms with Crippen LogP contribution >= 0.6 is 0 Å². The van der Waals surface area contributed by atoms with Crippen LogP contribution in [-0.2, 0) is 0 Å². The van der Waals surface area contributed by atoms with E-state index in [0.717, 1.165) is 17.8 Å². The van der Waals surface area contributed by atoms with Gasteiger partial charge < -0.3 is 4.90 Å². The van der Waals surface area contributed by atoms with Crippen LogP contribution in [0.2, 0.25) is 0 Å². The molecule has 0 radical (unpaired) electrons. The van der Waals surface area contributed by atoms with Crippen molar-refractivity contribution in [3.05, 3.63) is 29.8 Å². The predicted molar refractivity (Wildman–Crippen MR) is 71.6 cm³/mol. The third-order valence-electron chi connectivity index (χ3n) is 2.51. The van der Waals surface area contributed by atoms with Gasteiger partial charge in [0, 0.05) is 31.1 Å². The second kappa shape index (κ2) is 6.03. The number of nitrogens with one attached hydrogen (secondary N) is 1. The topological polar surface area (TPSA) is 44.7 Å². The molecule has 0 bridgehead atoms. The summed E-state index contributed by atoms with van der Waals surface area (Å²) in [5, 5.41) is 3.98. The fourth-order valence-corrected chi connectivity index (χ4v) is 1.20. The fraction of sp³-hybridized carbons (Fsp3) is 0.385. The minimum Gasteiger partial charge on any atom is -0.378 e. The zero-order valence-corrected chi connectivity index (χ0v) is 10.8. The smallest absolute Gasteiger partial charge is 0.271 e. The van der Waals surface area contributed by atoms with Crippen LogP contribution in [0.25, 0.3) is 0 Å². The minimum atomic E-state index is -0.178. The maximum absolute atomic E-state index is 11.7. The molecule has 0 aliphatic carbocycles. The zero-order chi connectivity index (χ0) is 12.8. The van der Waals surface area contributed by atoms with E-state index in [2.05, 4.69) is 10.5 Å². The van der Waals surface area contributed by atoms with Crippen molar-refractivity contribution < 1.29 is 4.79 Å². The Morgan fingerprint density at radius 2 is 1.88 bits per heavy atom. The Labute approximate surface area is 102 Å². The second-order valence-corrected chi connectivity index (χ2v) is 4.08. The average molecular weight is 233 g/mol. The fourth-order valence-electron chi connectivity index (χ4n) is 1.20. The van der Waals surface area contributed by atoms with Crippen LogP contribution < -0.4 is 10.3 Å². The molecule has 0 spiro atoms. The molecule has 1 amide bonds. The SMILES string of the molecule is CCC(C)=NNC(=O)c1ccc(N(C)C)cc1. The lowest BCUT2D eigenvalue weighted by molar-refractivity contribution is 0.0954. The standard InChI is InChI=1S/C13H19N3O/c1-5-10(2)14-15-13(17)11-6-8-12(9-7-11)16(3)4/h6-9H,5H2,1-4H3,(H,15,17). The van der Waals surface area contributed by atoms with E-state index in [4.69, 9.17) is 0 Å².